The number of hydrogen-bond donors (Lipinski definition) is 2. The Morgan fingerprint density at radius 3 is 2.86 bits per heavy atom. The third-order valence-corrected chi connectivity index (χ3v) is 4.76. The highest BCUT2D eigenvalue weighted by atomic mass is 35.5. The molecule has 1 aromatic heterocycles. The van der Waals surface area contributed by atoms with Gasteiger partial charge >= 0.3 is 0 Å². The van der Waals surface area contributed by atoms with Gasteiger partial charge in [-0.25, -0.2) is 8.42 Å². The zero-order valence-electron chi connectivity index (χ0n) is 11.5. The van der Waals surface area contributed by atoms with Crippen LogP contribution in [-0.2, 0) is 10.0 Å². The van der Waals surface area contributed by atoms with Crippen LogP contribution in [0.15, 0.2) is 47.5 Å². The summed E-state index contributed by atoms with van der Waals surface area (Å²) in [6.07, 6.45) is 1.62. The van der Waals surface area contributed by atoms with E-state index in [4.69, 9.17) is 16.3 Å². The minimum absolute atomic E-state index is 0.0287. The molecule has 8 heteroatoms. The Balaban J connectivity index is 2.08. The molecule has 0 saturated heterocycles. The third-order valence-electron chi connectivity index (χ3n) is 3.14. The first-order valence-corrected chi connectivity index (χ1v) is 8.16. The van der Waals surface area contributed by atoms with E-state index < -0.39 is 10.0 Å². The molecule has 2 aromatic carbocycles. The SMILES string of the molecule is COc1ccc(Cl)cc1S(=O)(=O)Nc1cccc2cn[nH]c12. The number of anilines is 1. The predicted molar refractivity (Wildman–Crippen MR) is 84.9 cm³/mol. The average Bonchev–Trinajstić information content (AvgIpc) is 2.96. The second kappa shape index (κ2) is 5.51. The lowest BCUT2D eigenvalue weighted by atomic mass is 10.2. The van der Waals surface area contributed by atoms with Gasteiger partial charge in [-0.3, -0.25) is 9.82 Å². The van der Waals surface area contributed by atoms with Crippen LogP contribution in [0.5, 0.6) is 5.75 Å². The van der Waals surface area contributed by atoms with Gasteiger partial charge in [0.25, 0.3) is 10.0 Å². The molecule has 2 N–H and O–H groups in total. The van der Waals surface area contributed by atoms with Crippen LogP contribution in [0.3, 0.4) is 0 Å². The maximum Gasteiger partial charge on any atom is 0.265 e. The van der Waals surface area contributed by atoms with Crippen LogP contribution in [-0.4, -0.2) is 25.7 Å². The second-order valence-electron chi connectivity index (χ2n) is 4.54. The molecule has 1 heterocycles. The lowest BCUT2D eigenvalue weighted by molar-refractivity contribution is 0.403. The summed E-state index contributed by atoms with van der Waals surface area (Å²) in [5.74, 6) is 0.216. The van der Waals surface area contributed by atoms with Crippen LogP contribution >= 0.6 is 11.6 Å². The Morgan fingerprint density at radius 1 is 1.27 bits per heavy atom. The number of nitrogens with one attached hydrogen (secondary N) is 2. The molecule has 3 rings (SSSR count). The molecule has 0 spiro atoms. The number of halogens is 1. The number of nitrogens with zero attached hydrogens (tertiary/aromatic N) is 1. The van der Waals surface area contributed by atoms with E-state index >= 15 is 0 Å². The number of aromatic nitrogens is 2. The topological polar surface area (TPSA) is 84.1 Å². The van der Waals surface area contributed by atoms with Crippen LogP contribution < -0.4 is 9.46 Å². The van der Waals surface area contributed by atoms with Gasteiger partial charge in [-0.05, 0) is 24.3 Å². The van der Waals surface area contributed by atoms with Crippen LogP contribution in [0.4, 0.5) is 5.69 Å². The van der Waals surface area contributed by atoms with Crippen LogP contribution in [0.25, 0.3) is 10.9 Å². The summed E-state index contributed by atoms with van der Waals surface area (Å²) in [6, 6.07) is 9.63. The van der Waals surface area contributed by atoms with E-state index in [9.17, 15) is 8.42 Å². The quantitative estimate of drug-likeness (QED) is 0.766. The van der Waals surface area contributed by atoms with E-state index in [1.807, 2.05) is 6.07 Å². The molecule has 0 aliphatic rings. The number of methoxy groups -OCH3 is 1. The number of para-hydroxylation sites is 1. The van der Waals surface area contributed by atoms with Crippen molar-refractivity contribution in [3.63, 3.8) is 0 Å². The van der Waals surface area contributed by atoms with Crippen molar-refractivity contribution in [2.75, 3.05) is 11.8 Å². The van der Waals surface area contributed by atoms with Crippen LogP contribution in [0, 0.1) is 0 Å². The summed E-state index contributed by atoms with van der Waals surface area (Å²) in [4.78, 5) is -0.0287. The largest absolute Gasteiger partial charge is 0.495 e. The van der Waals surface area contributed by atoms with E-state index in [0.29, 0.717) is 16.2 Å². The Labute approximate surface area is 132 Å². The summed E-state index contributed by atoms with van der Waals surface area (Å²) < 4.78 is 32.9. The van der Waals surface area contributed by atoms with Crippen molar-refractivity contribution in [3.8, 4) is 5.75 Å². The summed E-state index contributed by atoms with van der Waals surface area (Å²) in [7, 11) is -2.45. The number of H-pyrrole nitrogens is 1. The highest BCUT2D eigenvalue weighted by Gasteiger charge is 2.21. The molecule has 0 aliphatic carbocycles. The molecule has 0 fully saturated rings. The van der Waals surface area contributed by atoms with Gasteiger partial charge in [0.05, 0.1) is 24.5 Å². The third kappa shape index (κ3) is 2.60. The van der Waals surface area contributed by atoms with Gasteiger partial charge in [-0.15, -0.1) is 0 Å². The van der Waals surface area contributed by atoms with Crippen molar-refractivity contribution < 1.29 is 13.2 Å². The van der Waals surface area contributed by atoms with E-state index in [1.165, 1.54) is 19.2 Å². The summed E-state index contributed by atoms with van der Waals surface area (Å²) in [5, 5.41) is 7.79. The molecular weight excluding hydrogens is 326 g/mol. The Morgan fingerprint density at radius 2 is 2.09 bits per heavy atom. The first-order valence-electron chi connectivity index (χ1n) is 6.30. The number of ether oxygens (including phenoxy) is 1. The van der Waals surface area contributed by atoms with Gasteiger partial charge in [0.1, 0.15) is 10.6 Å². The smallest absolute Gasteiger partial charge is 0.265 e. The van der Waals surface area contributed by atoms with Gasteiger partial charge in [0.15, 0.2) is 0 Å². The molecule has 0 unspecified atom stereocenters. The molecule has 22 heavy (non-hydrogen) atoms. The number of rotatable bonds is 4. The van der Waals surface area contributed by atoms with E-state index in [1.54, 1.807) is 24.4 Å². The average molecular weight is 338 g/mol. The number of aromatic amines is 1. The Kier molecular flexibility index (Phi) is 3.67. The van der Waals surface area contributed by atoms with E-state index in [0.717, 1.165) is 5.39 Å². The molecule has 114 valence electrons. The molecule has 0 aliphatic heterocycles. The summed E-state index contributed by atoms with van der Waals surface area (Å²) >= 11 is 5.90. The molecular formula is C14H12ClN3O3S. The van der Waals surface area contributed by atoms with Crippen molar-refractivity contribution in [2.24, 2.45) is 0 Å². The maximum atomic E-state index is 12.6. The zero-order valence-corrected chi connectivity index (χ0v) is 13.1. The lowest BCUT2D eigenvalue weighted by Crippen LogP contribution is -2.14. The van der Waals surface area contributed by atoms with Crippen molar-refractivity contribution in [1.29, 1.82) is 0 Å². The van der Waals surface area contributed by atoms with Crippen molar-refractivity contribution in [1.82, 2.24) is 10.2 Å². The fraction of sp³-hybridized carbons (Fsp3) is 0.0714. The zero-order chi connectivity index (χ0) is 15.7. The number of fused-ring (bicyclic) bond motifs is 1. The van der Waals surface area contributed by atoms with E-state index in [2.05, 4.69) is 14.9 Å². The van der Waals surface area contributed by atoms with Crippen molar-refractivity contribution in [3.05, 3.63) is 47.6 Å². The fourth-order valence-corrected chi connectivity index (χ4v) is 3.62. The van der Waals surface area contributed by atoms with Gasteiger partial charge < -0.3 is 4.74 Å². The van der Waals surface area contributed by atoms with Gasteiger partial charge in [-0.1, -0.05) is 23.7 Å². The normalized spacial score (nSPS) is 11.5. The van der Waals surface area contributed by atoms with Gasteiger partial charge in [-0.2, -0.15) is 5.10 Å². The first-order chi connectivity index (χ1) is 10.5. The van der Waals surface area contributed by atoms with Crippen LogP contribution in [0.1, 0.15) is 0 Å². The minimum Gasteiger partial charge on any atom is -0.495 e. The fourth-order valence-electron chi connectivity index (χ4n) is 2.11. The minimum atomic E-state index is -3.86. The standard InChI is InChI=1S/C14H12ClN3O3S/c1-21-12-6-5-10(15)7-13(12)22(19,20)18-11-4-2-3-9-8-16-17-14(9)11/h2-8,18H,1H3,(H,16,17). The monoisotopic (exact) mass is 337 g/mol. The summed E-state index contributed by atoms with van der Waals surface area (Å²) in [6.45, 7) is 0. The molecule has 0 radical (unpaired) electrons. The van der Waals surface area contributed by atoms with Crippen molar-refractivity contribution in [2.45, 2.75) is 4.90 Å². The summed E-state index contributed by atoms with van der Waals surface area (Å²) in [5.41, 5.74) is 1.00. The van der Waals surface area contributed by atoms with Gasteiger partial charge in [0, 0.05) is 10.4 Å². The van der Waals surface area contributed by atoms with Gasteiger partial charge in [0.2, 0.25) is 0 Å². The predicted octanol–water partition coefficient (Wildman–Crippen LogP) is 3.03. The highest BCUT2D eigenvalue weighted by molar-refractivity contribution is 7.92. The number of benzene rings is 2. The first kappa shape index (κ1) is 14.7. The van der Waals surface area contributed by atoms with E-state index in [-0.39, 0.29) is 10.6 Å². The molecule has 0 bridgehead atoms. The van der Waals surface area contributed by atoms with Crippen LogP contribution in [0.2, 0.25) is 5.02 Å². The molecule has 0 atom stereocenters. The number of sulfonamides is 1. The lowest BCUT2D eigenvalue weighted by Gasteiger charge is -2.12. The molecule has 6 nitrogen and oxygen atoms in total. The Hall–Kier alpha value is -2.25. The van der Waals surface area contributed by atoms with Crippen molar-refractivity contribution >= 4 is 38.2 Å². The molecule has 3 aromatic rings. The Bertz CT molecular complexity index is 937. The number of hydrogen-bond acceptors (Lipinski definition) is 4. The maximum absolute atomic E-state index is 12.6. The highest BCUT2D eigenvalue weighted by Crippen LogP contribution is 2.30. The molecule has 0 saturated carbocycles. The molecule has 0 amide bonds. The second-order valence-corrected chi connectivity index (χ2v) is 6.63.